The van der Waals surface area contributed by atoms with E-state index in [1.165, 1.54) is 30.0 Å². The lowest BCUT2D eigenvalue weighted by molar-refractivity contribution is -0.139. The first-order chi connectivity index (χ1) is 18.9. The largest absolute Gasteiger partial charge is 0.507 e. The van der Waals surface area contributed by atoms with E-state index >= 15 is 0 Å². The van der Waals surface area contributed by atoms with Gasteiger partial charge in [-0.25, -0.2) is 17.9 Å². The molecule has 212 valence electrons. The Labute approximate surface area is 242 Å². The van der Waals surface area contributed by atoms with Crippen molar-refractivity contribution >= 4 is 68.4 Å². The molecule has 11 nitrogen and oxygen atoms in total. The maximum atomic E-state index is 12.8. The number of aromatic hydroxyl groups is 1. The van der Waals surface area contributed by atoms with Gasteiger partial charge in [-0.1, -0.05) is 35.9 Å². The lowest BCUT2D eigenvalue weighted by atomic mass is 10.1. The summed E-state index contributed by atoms with van der Waals surface area (Å²) < 4.78 is 27.5. The number of nitrogens with one attached hydrogen (secondary N) is 2. The molecule has 1 atom stereocenters. The highest BCUT2D eigenvalue weighted by Crippen LogP contribution is 2.24. The van der Waals surface area contributed by atoms with Gasteiger partial charge in [0.25, 0.3) is 5.91 Å². The van der Waals surface area contributed by atoms with Gasteiger partial charge in [0.05, 0.1) is 23.1 Å². The van der Waals surface area contributed by atoms with E-state index in [-0.39, 0.29) is 32.5 Å². The molecule has 0 saturated heterocycles. The summed E-state index contributed by atoms with van der Waals surface area (Å²) in [6.07, 6.45) is -0.653. The van der Waals surface area contributed by atoms with Gasteiger partial charge in [-0.15, -0.1) is 23.1 Å². The van der Waals surface area contributed by atoms with Crippen molar-refractivity contribution in [1.29, 1.82) is 0 Å². The van der Waals surface area contributed by atoms with Gasteiger partial charge in [0.2, 0.25) is 10.0 Å². The zero-order valence-electron chi connectivity index (χ0n) is 20.5. The zero-order valence-corrected chi connectivity index (χ0v) is 23.7. The molecule has 1 heterocycles. The molecule has 0 bridgehead atoms. The highest BCUT2D eigenvalue weighted by atomic mass is 35.5. The van der Waals surface area contributed by atoms with Gasteiger partial charge in [0, 0.05) is 17.3 Å². The van der Waals surface area contributed by atoms with E-state index in [1.807, 2.05) is 0 Å². The van der Waals surface area contributed by atoms with Gasteiger partial charge >= 0.3 is 11.9 Å². The molecule has 0 radical (unpaired) electrons. The second-order valence-corrected chi connectivity index (χ2v) is 12.7. The lowest BCUT2D eigenvalue weighted by Crippen LogP contribution is -2.43. The average molecular weight is 627 g/mol. The van der Waals surface area contributed by atoms with Crippen molar-refractivity contribution in [2.75, 3.05) is 5.75 Å². The monoisotopic (exact) mass is 626 g/mol. The van der Waals surface area contributed by atoms with E-state index < -0.39 is 51.9 Å². The fourth-order valence-corrected chi connectivity index (χ4v) is 6.86. The van der Waals surface area contributed by atoms with Gasteiger partial charge in [0.15, 0.2) is 5.78 Å². The Kier molecular flexibility index (Phi) is 10.7. The van der Waals surface area contributed by atoms with Crippen LogP contribution in [0.1, 0.15) is 37.6 Å². The molecule has 1 aromatic heterocycles. The van der Waals surface area contributed by atoms with Gasteiger partial charge in [-0.05, 0) is 41.5 Å². The lowest BCUT2D eigenvalue weighted by Gasteiger charge is -2.15. The number of thioether (sulfide) groups is 1. The molecule has 0 aliphatic carbocycles. The summed E-state index contributed by atoms with van der Waals surface area (Å²) in [6.45, 7) is -0.288. The van der Waals surface area contributed by atoms with Crippen molar-refractivity contribution in [3.8, 4) is 5.75 Å². The van der Waals surface area contributed by atoms with Gasteiger partial charge < -0.3 is 20.6 Å². The number of carbonyl (C=O) groups is 4. The third-order valence-corrected chi connectivity index (χ3v) is 9.71. The van der Waals surface area contributed by atoms with E-state index in [1.54, 1.807) is 24.3 Å². The Morgan fingerprint density at radius 1 is 1.02 bits per heavy atom. The van der Waals surface area contributed by atoms with Crippen molar-refractivity contribution in [2.45, 2.75) is 29.0 Å². The Morgan fingerprint density at radius 3 is 2.42 bits per heavy atom. The number of halogens is 1. The second-order valence-electron chi connectivity index (χ2n) is 8.27. The summed E-state index contributed by atoms with van der Waals surface area (Å²) in [6, 6.07) is 11.7. The molecular weight excluding hydrogens is 604 g/mol. The number of ketones is 1. The van der Waals surface area contributed by atoms with Crippen LogP contribution in [0, 0.1) is 0 Å². The van der Waals surface area contributed by atoms with Crippen LogP contribution in [0.15, 0.2) is 58.8 Å². The van der Waals surface area contributed by atoms with Crippen LogP contribution < -0.4 is 10.0 Å². The number of Topliss-reactive ketones (excluding diaryl/α,β-unsaturated/α-hetero) is 1. The number of sulfonamides is 1. The van der Waals surface area contributed by atoms with Crippen LogP contribution in [0.2, 0.25) is 5.02 Å². The minimum atomic E-state index is -4.12. The molecule has 0 spiro atoms. The molecule has 40 heavy (non-hydrogen) atoms. The van der Waals surface area contributed by atoms with Crippen molar-refractivity contribution in [1.82, 2.24) is 10.0 Å². The van der Waals surface area contributed by atoms with Gasteiger partial charge in [0.1, 0.15) is 15.5 Å². The van der Waals surface area contributed by atoms with Gasteiger partial charge in [-0.3, -0.25) is 14.4 Å². The topological polar surface area (TPSA) is 187 Å². The van der Waals surface area contributed by atoms with Gasteiger partial charge in [-0.2, -0.15) is 0 Å². The van der Waals surface area contributed by atoms with E-state index in [0.29, 0.717) is 22.1 Å². The number of rotatable bonds is 14. The molecule has 5 N–H and O–H groups in total. The summed E-state index contributed by atoms with van der Waals surface area (Å²) in [5.41, 5.74) is 0.685. The quantitative estimate of drug-likeness (QED) is 0.177. The first kappa shape index (κ1) is 31.1. The standard InChI is InChI=1S/C25H23ClN2O9S3/c26-17-4-2-1-3-15(17)12-38-13-20(30)18(10-22(31)32)28-24(33)21-7-8-23(39-21)40(36,37)27-11-14-5-6-19(29)16(9-14)25(34)35/h1-9,18,27,29H,10-13H2,(H,28,33)(H,31,32)(H,34,35)/t18-/m0/s1. The van der Waals surface area contributed by atoms with Crippen molar-refractivity contribution in [3.05, 3.63) is 81.2 Å². The van der Waals surface area contributed by atoms with Crippen LogP contribution in [0.3, 0.4) is 0 Å². The van der Waals surface area contributed by atoms with E-state index in [9.17, 15) is 37.8 Å². The third kappa shape index (κ3) is 8.53. The summed E-state index contributed by atoms with van der Waals surface area (Å²) in [5.74, 6) is -4.16. The SMILES string of the molecule is O=C(O)C[C@H](NC(=O)c1ccc(S(=O)(=O)NCc2ccc(O)c(C(=O)O)c2)s1)C(=O)CSCc1ccccc1Cl. The molecule has 2 aromatic carbocycles. The maximum absolute atomic E-state index is 12.8. The number of hydrogen-bond donors (Lipinski definition) is 5. The highest BCUT2D eigenvalue weighted by Gasteiger charge is 2.26. The maximum Gasteiger partial charge on any atom is 0.339 e. The highest BCUT2D eigenvalue weighted by molar-refractivity contribution is 7.99. The number of aromatic carboxylic acids is 1. The van der Waals surface area contributed by atoms with Crippen LogP contribution in [0.25, 0.3) is 0 Å². The number of carboxylic acid groups (broad SMARTS) is 2. The number of thiophene rings is 1. The molecule has 0 fully saturated rings. The fraction of sp³-hybridized carbons (Fsp3) is 0.200. The minimum absolute atomic E-state index is 0.0647. The van der Waals surface area contributed by atoms with Crippen LogP contribution in [-0.2, 0) is 31.9 Å². The Morgan fingerprint density at radius 2 is 1.75 bits per heavy atom. The fourth-order valence-electron chi connectivity index (χ4n) is 3.33. The van der Waals surface area contributed by atoms with E-state index in [0.717, 1.165) is 17.7 Å². The summed E-state index contributed by atoms with van der Waals surface area (Å²) in [5, 5.41) is 30.8. The predicted molar refractivity (Wildman–Crippen MR) is 150 cm³/mol. The molecule has 0 aliphatic heterocycles. The number of carboxylic acids is 2. The van der Waals surface area contributed by atoms with Crippen molar-refractivity contribution < 1.29 is 42.9 Å². The van der Waals surface area contributed by atoms with E-state index in [2.05, 4.69) is 10.0 Å². The Balaban J connectivity index is 1.63. The number of carbonyl (C=O) groups excluding carboxylic acids is 2. The van der Waals surface area contributed by atoms with Crippen LogP contribution in [0.4, 0.5) is 0 Å². The summed E-state index contributed by atoms with van der Waals surface area (Å²) in [7, 11) is -4.12. The zero-order chi connectivity index (χ0) is 29.4. The Hall–Kier alpha value is -3.43. The number of aliphatic carboxylic acids is 1. The predicted octanol–water partition coefficient (Wildman–Crippen LogP) is 3.36. The normalized spacial score (nSPS) is 12.0. The van der Waals surface area contributed by atoms with E-state index in [4.69, 9.17) is 16.7 Å². The average Bonchev–Trinajstić information content (AvgIpc) is 3.40. The first-order valence-corrected chi connectivity index (χ1v) is 15.2. The van der Waals surface area contributed by atoms with Crippen LogP contribution >= 0.6 is 34.7 Å². The number of phenols is 1. The molecule has 3 aromatic rings. The van der Waals surface area contributed by atoms with Crippen LogP contribution in [-0.4, -0.2) is 59.2 Å². The Bertz CT molecular complexity index is 1540. The smallest absolute Gasteiger partial charge is 0.339 e. The second kappa shape index (κ2) is 13.8. The molecule has 0 unspecified atom stereocenters. The molecule has 1 amide bonds. The third-order valence-electron chi connectivity index (χ3n) is 5.36. The molecule has 0 aliphatic rings. The number of hydrogen-bond acceptors (Lipinski definition) is 9. The van der Waals surface area contributed by atoms with Crippen molar-refractivity contribution in [2.24, 2.45) is 0 Å². The molecule has 0 saturated carbocycles. The summed E-state index contributed by atoms with van der Waals surface area (Å²) >= 11 is 7.93. The summed E-state index contributed by atoms with van der Waals surface area (Å²) in [4.78, 5) is 47.9. The molecule has 15 heteroatoms. The van der Waals surface area contributed by atoms with Crippen molar-refractivity contribution in [3.63, 3.8) is 0 Å². The van der Waals surface area contributed by atoms with Crippen LogP contribution in [0.5, 0.6) is 5.75 Å². The minimum Gasteiger partial charge on any atom is -0.507 e. The first-order valence-electron chi connectivity index (χ1n) is 11.4. The number of benzene rings is 2. The molecular formula is C25H23ClN2O9S3. The molecule has 3 rings (SSSR count). The number of amides is 1.